The van der Waals surface area contributed by atoms with Crippen molar-refractivity contribution in [2.75, 3.05) is 25.1 Å². The summed E-state index contributed by atoms with van der Waals surface area (Å²) in [6.07, 6.45) is 1.87. The number of rotatable bonds is 8. The molecule has 0 unspecified atom stereocenters. The summed E-state index contributed by atoms with van der Waals surface area (Å²) in [5, 5.41) is 0. The molecule has 0 bridgehead atoms. The number of carbonyl (C=O) groups excluding carboxylic acids is 1. The summed E-state index contributed by atoms with van der Waals surface area (Å²) in [5.41, 5.74) is 6.50. The minimum absolute atomic E-state index is 0.0240. The summed E-state index contributed by atoms with van der Waals surface area (Å²) in [6, 6.07) is 9.63. The van der Waals surface area contributed by atoms with Gasteiger partial charge in [-0.3, -0.25) is 4.79 Å². The molecule has 0 saturated carbocycles. The Balaban J connectivity index is 2.65. The van der Waals surface area contributed by atoms with Crippen LogP contribution in [0.15, 0.2) is 30.3 Å². The second-order valence-electron chi connectivity index (χ2n) is 4.82. The average Bonchev–Trinajstić information content (AvgIpc) is 2.41. The summed E-state index contributed by atoms with van der Waals surface area (Å²) >= 11 is 0. The summed E-state index contributed by atoms with van der Waals surface area (Å²) in [5.74, 6) is -0.257. The topological polar surface area (TPSA) is 80.5 Å². The molecular weight excluding hydrogens is 276 g/mol. The zero-order valence-electron chi connectivity index (χ0n) is 11.8. The normalized spacial score (nSPS) is 11.3. The molecule has 1 amide bonds. The predicted octanol–water partition coefficient (Wildman–Crippen LogP) is 0.799. The molecule has 2 N–H and O–H groups in total. The zero-order chi connectivity index (χ0) is 15.0. The van der Waals surface area contributed by atoms with Crippen LogP contribution in [0.3, 0.4) is 0 Å². The van der Waals surface area contributed by atoms with Gasteiger partial charge in [0.1, 0.15) is 9.84 Å². The van der Waals surface area contributed by atoms with Crippen molar-refractivity contribution in [2.45, 2.75) is 19.4 Å². The van der Waals surface area contributed by atoms with Gasteiger partial charge in [0, 0.05) is 25.8 Å². The van der Waals surface area contributed by atoms with Crippen molar-refractivity contribution in [2.24, 2.45) is 5.73 Å². The Morgan fingerprint density at radius 1 is 1.25 bits per heavy atom. The molecule has 6 heteroatoms. The molecule has 0 heterocycles. The molecule has 0 aliphatic heterocycles. The average molecular weight is 298 g/mol. The van der Waals surface area contributed by atoms with E-state index in [-0.39, 0.29) is 18.1 Å². The van der Waals surface area contributed by atoms with E-state index in [1.165, 1.54) is 0 Å². The molecule has 0 aliphatic carbocycles. The van der Waals surface area contributed by atoms with Gasteiger partial charge in [0.15, 0.2) is 0 Å². The van der Waals surface area contributed by atoms with E-state index in [9.17, 15) is 13.2 Å². The summed E-state index contributed by atoms with van der Waals surface area (Å²) in [4.78, 5) is 13.8. The Kier molecular flexibility index (Phi) is 6.67. The highest BCUT2D eigenvalue weighted by molar-refractivity contribution is 7.90. The molecule has 0 aromatic heterocycles. The molecule has 0 saturated heterocycles. The van der Waals surface area contributed by atoms with E-state index < -0.39 is 9.84 Å². The highest BCUT2D eigenvalue weighted by Gasteiger charge is 2.15. The summed E-state index contributed by atoms with van der Waals surface area (Å²) < 4.78 is 22.3. The number of amides is 1. The lowest BCUT2D eigenvalue weighted by molar-refractivity contribution is -0.131. The molecule has 0 atom stereocenters. The van der Waals surface area contributed by atoms with Crippen LogP contribution in [0.5, 0.6) is 0 Å². The lowest BCUT2D eigenvalue weighted by Crippen LogP contribution is -2.33. The number of hydrogen-bond acceptors (Lipinski definition) is 4. The van der Waals surface area contributed by atoms with Gasteiger partial charge in [-0.25, -0.2) is 8.42 Å². The second kappa shape index (κ2) is 8.01. The van der Waals surface area contributed by atoms with Gasteiger partial charge in [-0.05, 0) is 18.5 Å². The first-order chi connectivity index (χ1) is 9.42. The van der Waals surface area contributed by atoms with Gasteiger partial charge in [-0.2, -0.15) is 0 Å². The Hall–Kier alpha value is -1.40. The third-order valence-electron chi connectivity index (χ3n) is 2.89. The Morgan fingerprint density at radius 3 is 2.45 bits per heavy atom. The molecule has 0 radical (unpaired) electrons. The van der Waals surface area contributed by atoms with Crippen LogP contribution in [0.1, 0.15) is 18.4 Å². The quantitative estimate of drug-likeness (QED) is 0.770. The maximum Gasteiger partial charge on any atom is 0.223 e. The third-order valence-corrected chi connectivity index (χ3v) is 3.83. The van der Waals surface area contributed by atoms with Crippen molar-refractivity contribution in [3.8, 4) is 0 Å². The largest absolute Gasteiger partial charge is 0.338 e. The smallest absolute Gasteiger partial charge is 0.223 e. The summed E-state index contributed by atoms with van der Waals surface area (Å²) in [7, 11) is -3.12. The number of nitrogens with zero attached hydrogens (tertiary/aromatic N) is 1. The van der Waals surface area contributed by atoms with Gasteiger partial charge in [-0.15, -0.1) is 0 Å². The first-order valence-corrected chi connectivity index (χ1v) is 8.68. The maximum atomic E-state index is 12.1. The number of sulfone groups is 1. The molecule has 5 nitrogen and oxygen atoms in total. The van der Waals surface area contributed by atoms with Crippen molar-refractivity contribution < 1.29 is 13.2 Å². The monoisotopic (exact) mass is 298 g/mol. The van der Waals surface area contributed by atoms with E-state index in [1.54, 1.807) is 4.90 Å². The van der Waals surface area contributed by atoms with Crippen LogP contribution in [0, 0.1) is 0 Å². The van der Waals surface area contributed by atoms with Crippen LogP contribution in [0.4, 0.5) is 0 Å². The van der Waals surface area contributed by atoms with E-state index in [0.29, 0.717) is 26.1 Å². The highest BCUT2D eigenvalue weighted by atomic mass is 32.2. The van der Waals surface area contributed by atoms with Crippen molar-refractivity contribution >= 4 is 15.7 Å². The molecule has 0 aliphatic rings. The molecule has 0 spiro atoms. The van der Waals surface area contributed by atoms with E-state index in [2.05, 4.69) is 0 Å². The van der Waals surface area contributed by atoms with Crippen LogP contribution in [-0.4, -0.2) is 44.3 Å². The number of hydrogen-bond donors (Lipinski definition) is 1. The SMILES string of the molecule is CS(=O)(=O)CCC(=O)N(CCCN)Cc1ccccc1. The Labute approximate surface area is 120 Å². The standard InChI is InChI=1S/C14H22N2O3S/c1-20(18,19)11-8-14(17)16(10-5-9-15)12-13-6-3-2-4-7-13/h2-4,6-7H,5,8-12,15H2,1H3. The molecule has 20 heavy (non-hydrogen) atoms. The fourth-order valence-electron chi connectivity index (χ4n) is 1.81. The Bertz CT molecular complexity index is 514. The Morgan fingerprint density at radius 2 is 1.90 bits per heavy atom. The highest BCUT2D eigenvalue weighted by Crippen LogP contribution is 2.07. The zero-order valence-corrected chi connectivity index (χ0v) is 12.6. The van der Waals surface area contributed by atoms with Gasteiger partial charge in [0.25, 0.3) is 0 Å². The lowest BCUT2D eigenvalue weighted by atomic mass is 10.2. The van der Waals surface area contributed by atoms with Gasteiger partial charge < -0.3 is 10.6 Å². The minimum atomic E-state index is -3.12. The molecule has 1 rings (SSSR count). The minimum Gasteiger partial charge on any atom is -0.338 e. The fourth-order valence-corrected chi connectivity index (χ4v) is 2.35. The van der Waals surface area contributed by atoms with Gasteiger partial charge in [-0.1, -0.05) is 30.3 Å². The van der Waals surface area contributed by atoms with Gasteiger partial charge in [0.2, 0.25) is 5.91 Å². The number of nitrogens with two attached hydrogens (primary N) is 1. The number of carbonyl (C=O) groups is 1. The molecular formula is C14H22N2O3S. The van der Waals surface area contributed by atoms with Gasteiger partial charge in [0.05, 0.1) is 5.75 Å². The predicted molar refractivity (Wildman–Crippen MR) is 79.9 cm³/mol. The first-order valence-electron chi connectivity index (χ1n) is 6.62. The van der Waals surface area contributed by atoms with E-state index in [0.717, 1.165) is 11.8 Å². The van der Waals surface area contributed by atoms with Gasteiger partial charge >= 0.3 is 0 Å². The van der Waals surface area contributed by atoms with Crippen LogP contribution < -0.4 is 5.73 Å². The molecule has 112 valence electrons. The molecule has 1 aromatic carbocycles. The van der Waals surface area contributed by atoms with Crippen LogP contribution in [-0.2, 0) is 21.2 Å². The lowest BCUT2D eigenvalue weighted by Gasteiger charge is -2.22. The van der Waals surface area contributed by atoms with E-state index in [4.69, 9.17) is 5.73 Å². The van der Waals surface area contributed by atoms with Crippen LogP contribution in [0.2, 0.25) is 0 Å². The fraction of sp³-hybridized carbons (Fsp3) is 0.500. The van der Waals surface area contributed by atoms with Crippen molar-refractivity contribution in [3.63, 3.8) is 0 Å². The van der Waals surface area contributed by atoms with Crippen molar-refractivity contribution in [1.29, 1.82) is 0 Å². The second-order valence-corrected chi connectivity index (χ2v) is 7.08. The maximum absolute atomic E-state index is 12.1. The van der Waals surface area contributed by atoms with E-state index >= 15 is 0 Å². The summed E-state index contributed by atoms with van der Waals surface area (Å²) in [6.45, 7) is 1.54. The number of benzene rings is 1. The first kappa shape index (κ1) is 16.7. The van der Waals surface area contributed by atoms with Crippen molar-refractivity contribution in [1.82, 2.24) is 4.90 Å². The molecule has 1 aromatic rings. The molecule has 0 fully saturated rings. The van der Waals surface area contributed by atoms with Crippen LogP contribution in [0.25, 0.3) is 0 Å². The third kappa shape index (κ3) is 6.68. The van der Waals surface area contributed by atoms with E-state index in [1.807, 2.05) is 30.3 Å². The van der Waals surface area contributed by atoms with Crippen molar-refractivity contribution in [3.05, 3.63) is 35.9 Å². The van der Waals surface area contributed by atoms with Crippen LogP contribution >= 0.6 is 0 Å².